The fourth-order valence-corrected chi connectivity index (χ4v) is 2.01. The largest absolute Gasteiger partial charge is 0.192 e. The molecule has 1 nitrogen and oxygen atoms in total. The minimum absolute atomic E-state index is 0.709. The third-order valence-electron chi connectivity index (χ3n) is 1.70. The SMILES string of the molecule is [CH2]c1cc2cc(C#N)ccc2s1. The molecule has 0 aliphatic rings. The molecule has 0 N–H and O–H groups in total. The van der Waals surface area contributed by atoms with Crippen LogP contribution in [0.4, 0.5) is 0 Å². The first kappa shape index (κ1) is 7.33. The van der Waals surface area contributed by atoms with Crippen LogP contribution in [-0.4, -0.2) is 0 Å². The van der Waals surface area contributed by atoms with E-state index in [0.717, 1.165) is 10.3 Å². The third kappa shape index (κ3) is 1.09. The van der Waals surface area contributed by atoms with Crippen molar-refractivity contribution in [2.45, 2.75) is 0 Å². The summed E-state index contributed by atoms with van der Waals surface area (Å²) in [7, 11) is 0. The maximum atomic E-state index is 8.64. The van der Waals surface area contributed by atoms with E-state index >= 15 is 0 Å². The van der Waals surface area contributed by atoms with E-state index in [1.807, 2.05) is 24.3 Å². The van der Waals surface area contributed by atoms with Crippen LogP contribution in [0.1, 0.15) is 10.4 Å². The predicted molar refractivity (Wildman–Crippen MR) is 51.0 cm³/mol. The first-order chi connectivity index (χ1) is 5.79. The van der Waals surface area contributed by atoms with Crippen LogP contribution >= 0.6 is 11.3 Å². The quantitative estimate of drug-likeness (QED) is 0.599. The topological polar surface area (TPSA) is 23.8 Å². The van der Waals surface area contributed by atoms with Crippen LogP contribution in [0.25, 0.3) is 10.1 Å². The van der Waals surface area contributed by atoms with Gasteiger partial charge < -0.3 is 0 Å². The average molecular weight is 172 g/mol. The van der Waals surface area contributed by atoms with Crippen molar-refractivity contribution in [3.05, 3.63) is 41.6 Å². The van der Waals surface area contributed by atoms with Gasteiger partial charge in [-0.1, -0.05) is 0 Å². The Morgan fingerprint density at radius 1 is 1.33 bits per heavy atom. The predicted octanol–water partition coefficient (Wildman–Crippen LogP) is 2.96. The number of rotatable bonds is 0. The molecule has 1 heterocycles. The summed E-state index contributed by atoms with van der Waals surface area (Å²) in [4.78, 5) is 1.04. The van der Waals surface area contributed by atoms with Crippen LogP contribution in [0.5, 0.6) is 0 Å². The highest BCUT2D eigenvalue weighted by Crippen LogP contribution is 2.25. The van der Waals surface area contributed by atoms with E-state index in [1.165, 1.54) is 4.70 Å². The van der Waals surface area contributed by atoms with Gasteiger partial charge >= 0.3 is 0 Å². The first-order valence-electron chi connectivity index (χ1n) is 3.55. The molecule has 0 fully saturated rings. The fraction of sp³-hybridized carbons (Fsp3) is 0. The van der Waals surface area contributed by atoms with Crippen LogP contribution in [0.2, 0.25) is 0 Å². The van der Waals surface area contributed by atoms with E-state index in [0.29, 0.717) is 5.56 Å². The number of hydrogen-bond donors (Lipinski definition) is 0. The zero-order valence-electron chi connectivity index (χ0n) is 6.37. The van der Waals surface area contributed by atoms with Gasteiger partial charge in [0.25, 0.3) is 0 Å². The van der Waals surface area contributed by atoms with Gasteiger partial charge in [-0.05, 0) is 36.6 Å². The first-order valence-corrected chi connectivity index (χ1v) is 4.37. The molecular formula is C10H6NS. The molecule has 1 aromatic carbocycles. The van der Waals surface area contributed by atoms with Crippen LogP contribution in [0.3, 0.4) is 0 Å². The zero-order valence-corrected chi connectivity index (χ0v) is 7.19. The number of hydrogen-bond acceptors (Lipinski definition) is 2. The number of nitriles is 1. The third-order valence-corrected chi connectivity index (χ3v) is 2.67. The molecule has 0 bridgehead atoms. The second-order valence-electron chi connectivity index (χ2n) is 2.58. The Morgan fingerprint density at radius 3 is 2.92 bits per heavy atom. The highest BCUT2D eigenvalue weighted by molar-refractivity contribution is 7.19. The molecule has 0 saturated carbocycles. The van der Waals surface area contributed by atoms with Crippen LogP contribution in [-0.2, 0) is 0 Å². The lowest BCUT2D eigenvalue weighted by atomic mass is 10.2. The summed E-state index contributed by atoms with van der Waals surface area (Å²) in [5.41, 5.74) is 0.709. The highest BCUT2D eigenvalue weighted by Gasteiger charge is 1.98. The molecular weight excluding hydrogens is 166 g/mol. The molecule has 12 heavy (non-hydrogen) atoms. The highest BCUT2D eigenvalue weighted by atomic mass is 32.1. The molecule has 2 rings (SSSR count). The lowest BCUT2D eigenvalue weighted by Crippen LogP contribution is -1.69. The smallest absolute Gasteiger partial charge is 0.0991 e. The molecule has 1 aromatic heterocycles. The Bertz CT molecular complexity index is 462. The van der Waals surface area contributed by atoms with E-state index in [-0.39, 0.29) is 0 Å². The van der Waals surface area contributed by atoms with Crippen LogP contribution < -0.4 is 0 Å². The van der Waals surface area contributed by atoms with Crippen LogP contribution in [0, 0.1) is 18.3 Å². The zero-order chi connectivity index (χ0) is 8.55. The summed E-state index contributed by atoms with van der Waals surface area (Å²) >= 11 is 1.65. The second kappa shape index (κ2) is 2.62. The number of benzene rings is 1. The molecule has 2 aromatic rings. The van der Waals surface area contributed by atoms with Gasteiger partial charge in [0, 0.05) is 9.58 Å². The average Bonchev–Trinajstić information content (AvgIpc) is 2.43. The lowest BCUT2D eigenvalue weighted by molar-refractivity contribution is 1.50. The van der Waals surface area contributed by atoms with Crippen molar-refractivity contribution in [2.75, 3.05) is 0 Å². The Hall–Kier alpha value is -1.33. The van der Waals surface area contributed by atoms with Gasteiger partial charge in [0.15, 0.2) is 0 Å². The Labute approximate surface area is 74.9 Å². The van der Waals surface area contributed by atoms with Gasteiger partial charge in [0.05, 0.1) is 11.6 Å². The molecule has 0 aliphatic carbocycles. The Balaban J connectivity index is 2.77. The van der Waals surface area contributed by atoms with E-state index < -0.39 is 0 Å². The summed E-state index contributed by atoms with van der Waals surface area (Å²) in [5.74, 6) is 0. The summed E-state index contributed by atoms with van der Waals surface area (Å²) in [5, 5.41) is 9.76. The normalized spacial score (nSPS) is 10.0. The summed E-state index contributed by atoms with van der Waals surface area (Å²) in [6.45, 7) is 3.85. The molecule has 1 radical (unpaired) electrons. The minimum atomic E-state index is 0.709. The molecule has 2 heteroatoms. The molecule has 0 saturated heterocycles. The van der Waals surface area contributed by atoms with Crippen molar-refractivity contribution in [2.24, 2.45) is 0 Å². The van der Waals surface area contributed by atoms with E-state index in [9.17, 15) is 0 Å². The lowest BCUT2D eigenvalue weighted by Gasteiger charge is -1.87. The maximum absolute atomic E-state index is 8.64. The van der Waals surface area contributed by atoms with Crippen molar-refractivity contribution in [3.8, 4) is 6.07 Å². The van der Waals surface area contributed by atoms with Crippen molar-refractivity contribution in [3.63, 3.8) is 0 Å². The van der Waals surface area contributed by atoms with E-state index in [2.05, 4.69) is 13.0 Å². The summed E-state index contributed by atoms with van der Waals surface area (Å²) < 4.78 is 1.19. The molecule has 0 unspecified atom stereocenters. The standard InChI is InChI=1S/C10H6NS/c1-7-4-9-5-8(6-11)2-3-10(9)12-7/h2-5H,1H2. The molecule has 0 amide bonds. The van der Waals surface area contributed by atoms with Crippen LogP contribution in [0.15, 0.2) is 24.3 Å². The van der Waals surface area contributed by atoms with Crippen molar-refractivity contribution < 1.29 is 0 Å². The Morgan fingerprint density at radius 2 is 2.17 bits per heavy atom. The summed E-state index contributed by atoms with van der Waals surface area (Å²) in [6.07, 6.45) is 0. The van der Waals surface area contributed by atoms with Crippen molar-refractivity contribution >= 4 is 21.4 Å². The minimum Gasteiger partial charge on any atom is -0.192 e. The van der Waals surface area contributed by atoms with E-state index in [1.54, 1.807) is 11.3 Å². The Kier molecular flexibility index (Phi) is 1.60. The van der Waals surface area contributed by atoms with Gasteiger partial charge in [0.1, 0.15) is 0 Å². The summed E-state index contributed by atoms with van der Waals surface area (Å²) in [6, 6.07) is 9.80. The van der Waals surface area contributed by atoms with Gasteiger partial charge in [-0.2, -0.15) is 5.26 Å². The number of thiophene rings is 1. The van der Waals surface area contributed by atoms with Gasteiger partial charge in [0.2, 0.25) is 0 Å². The van der Waals surface area contributed by atoms with Gasteiger partial charge in [-0.25, -0.2) is 0 Å². The molecule has 0 spiro atoms. The molecule has 0 atom stereocenters. The molecule has 57 valence electrons. The van der Waals surface area contributed by atoms with Gasteiger partial charge in [-0.3, -0.25) is 0 Å². The maximum Gasteiger partial charge on any atom is 0.0991 e. The molecule has 0 aliphatic heterocycles. The monoisotopic (exact) mass is 172 g/mol. The van der Waals surface area contributed by atoms with E-state index in [4.69, 9.17) is 5.26 Å². The fourth-order valence-electron chi connectivity index (χ4n) is 1.17. The number of nitrogens with zero attached hydrogens (tertiary/aromatic N) is 1. The number of fused-ring (bicyclic) bond motifs is 1. The second-order valence-corrected chi connectivity index (χ2v) is 3.75. The van der Waals surface area contributed by atoms with Crippen molar-refractivity contribution in [1.82, 2.24) is 0 Å². The van der Waals surface area contributed by atoms with Gasteiger partial charge in [-0.15, -0.1) is 11.3 Å². The van der Waals surface area contributed by atoms with Crippen molar-refractivity contribution in [1.29, 1.82) is 5.26 Å².